The van der Waals surface area contributed by atoms with Crippen molar-refractivity contribution in [2.24, 2.45) is 5.92 Å². The Bertz CT molecular complexity index is 324. The smallest absolute Gasteiger partial charge is 0.0826 e. The third kappa shape index (κ3) is 1.48. The Morgan fingerprint density at radius 2 is 2.33 bits per heavy atom. The fourth-order valence-corrected chi connectivity index (χ4v) is 3.53. The Balaban J connectivity index is 1.95. The molecule has 0 aromatic carbocycles. The van der Waals surface area contributed by atoms with E-state index in [2.05, 4.69) is 13.0 Å². The van der Waals surface area contributed by atoms with E-state index in [9.17, 15) is 0 Å². The molecule has 3 rings (SSSR count). The van der Waals surface area contributed by atoms with Crippen LogP contribution in [0.1, 0.15) is 45.4 Å². The van der Waals surface area contributed by atoms with Crippen molar-refractivity contribution >= 4 is 0 Å². The summed E-state index contributed by atoms with van der Waals surface area (Å²) in [6, 6.07) is 0. The van der Waals surface area contributed by atoms with Gasteiger partial charge in [-0.3, -0.25) is 0 Å². The van der Waals surface area contributed by atoms with Gasteiger partial charge in [-0.1, -0.05) is 19.4 Å². The fourth-order valence-electron chi connectivity index (χ4n) is 3.53. The molecule has 1 saturated heterocycles. The number of fused-ring (bicyclic) bond motifs is 2. The van der Waals surface area contributed by atoms with E-state index in [1.807, 2.05) is 0 Å². The molecular weight excluding hydrogens is 184 g/mol. The zero-order valence-corrected chi connectivity index (χ0v) is 9.59. The van der Waals surface area contributed by atoms with E-state index in [0.29, 0.717) is 6.10 Å². The molecule has 0 aromatic rings. The molecule has 0 N–H and O–H groups in total. The third-order valence-corrected chi connectivity index (χ3v) is 4.16. The minimum Gasteiger partial charge on any atom is -0.373 e. The first kappa shape index (κ1) is 9.65. The molecule has 2 atom stereocenters. The molecule has 1 saturated carbocycles. The highest BCUT2D eigenvalue weighted by Crippen LogP contribution is 2.46. The molecule has 0 radical (unpaired) electrons. The summed E-state index contributed by atoms with van der Waals surface area (Å²) < 4.78 is 5.79. The lowest BCUT2D eigenvalue weighted by Crippen LogP contribution is -2.14. The average Bonchev–Trinajstić information content (AvgIpc) is 2.83. The molecule has 15 heavy (non-hydrogen) atoms. The van der Waals surface area contributed by atoms with Crippen LogP contribution in [0.2, 0.25) is 0 Å². The van der Waals surface area contributed by atoms with Crippen molar-refractivity contribution < 1.29 is 4.74 Å². The highest BCUT2D eigenvalue weighted by atomic mass is 16.5. The van der Waals surface area contributed by atoms with Crippen molar-refractivity contribution in [1.82, 2.24) is 0 Å². The van der Waals surface area contributed by atoms with Crippen LogP contribution in [0, 0.1) is 5.92 Å². The summed E-state index contributed by atoms with van der Waals surface area (Å²) in [4.78, 5) is 0. The molecule has 2 aliphatic carbocycles. The lowest BCUT2D eigenvalue weighted by Gasteiger charge is -2.22. The van der Waals surface area contributed by atoms with Gasteiger partial charge in [-0.05, 0) is 54.7 Å². The molecule has 1 heteroatoms. The van der Waals surface area contributed by atoms with Crippen molar-refractivity contribution in [3.05, 3.63) is 22.8 Å². The Morgan fingerprint density at radius 1 is 1.40 bits per heavy atom. The van der Waals surface area contributed by atoms with Crippen molar-refractivity contribution in [2.75, 3.05) is 6.61 Å². The van der Waals surface area contributed by atoms with E-state index in [-0.39, 0.29) is 0 Å². The summed E-state index contributed by atoms with van der Waals surface area (Å²) in [6.07, 6.45) is 10.7. The number of rotatable bonds is 2. The van der Waals surface area contributed by atoms with Crippen LogP contribution in [0.3, 0.4) is 0 Å². The van der Waals surface area contributed by atoms with Gasteiger partial charge in [0.2, 0.25) is 0 Å². The lowest BCUT2D eigenvalue weighted by atomic mass is 9.85. The summed E-state index contributed by atoms with van der Waals surface area (Å²) in [5, 5.41) is 0. The maximum Gasteiger partial charge on any atom is 0.0826 e. The molecule has 3 aliphatic rings. The lowest BCUT2D eigenvalue weighted by molar-refractivity contribution is 0.125. The molecule has 1 nitrogen and oxygen atoms in total. The quantitative estimate of drug-likeness (QED) is 0.667. The van der Waals surface area contributed by atoms with E-state index >= 15 is 0 Å². The second kappa shape index (κ2) is 3.79. The normalized spacial score (nSPS) is 34.1. The standard InChI is InChI=1S/C14H20O/c1-2-3-10-4-5-11-6-7-13-12(14(10)11)8-9-15-13/h6,10,13H,2-5,7-9H2,1H3. The zero-order chi connectivity index (χ0) is 10.3. The number of allylic oxidation sites excluding steroid dienone is 2. The molecule has 1 heterocycles. The van der Waals surface area contributed by atoms with Crippen LogP contribution in [-0.4, -0.2) is 12.7 Å². The van der Waals surface area contributed by atoms with Gasteiger partial charge in [0.15, 0.2) is 0 Å². The first-order valence-corrected chi connectivity index (χ1v) is 6.44. The van der Waals surface area contributed by atoms with Crippen molar-refractivity contribution in [3.8, 4) is 0 Å². The average molecular weight is 204 g/mol. The van der Waals surface area contributed by atoms with Crippen LogP contribution < -0.4 is 0 Å². The number of hydrogen-bond donors (Lipinski definition) is 0. The van der Waals surface area contributed by atoms with Crippen LogP contribution in [0.5, 0.6) is 0 Å². The van der Waals surface area contributed by atoms with Gasteiger partial charge in [-0.25, -0.2) is 0 Å². The second-order valence-corrected chi connectivity index (χ2v) is 5.04. The van der Waals surface area contributed by atoms with Gasteiger partial charge >= 0.3 is 0 Å². The van der Waals surface area contributed by atoms with Crippen LogP contribution in [-0.2, 0) is 4.74 Å². The van der Waals surface area contributed by atoms with Crippen molar-refractivity contribution in [2.45, 2.75) is 51.6 Å². The summed E-state index contributed by atoms with van der Waals surface area (Å²) >= 11 is 0. The van der Waals surface area contributed by atoms with E-state index in [4.69, 9.17) is 4.74 Å². The van der Waals surface area contributed by atoms with Gasteiger partial charge in [0.1, 0.15) is 0 Å². The monoisotopic (exact) mass is 204 g/mol. The Kier molecular flexibility index (Phi) is 2.44. The molecular formula is C14H20O. The maximum absolute atomic E-state index is 5.79. The van der Waals surface area contributed by atoms with Crippen LogP contribution in [0.25, 0.3) is 0 Å². The summed E-state index contributed by atoms with van der Waals surface area (Å²) in [5.41, 5.74) is 5.07. The van der Waals surface area contributed by atoms with Crippen molar-refractivity contribution in [1.29, 1.82) is 0 Å². The second-order valence-electron chi connectivity index (χ2n) is 5.04. The minimum absolute atomic E-state index is 0.459. The third-order valence-electron chi connectivity index (χ3n) is 4.16. The molecule has 2 unspecified atom stereocenters. The SMILES string of the molecule is CCCC1CCC2=CCC3OCCC3=C21. The van der Waals surface area contributed by atoms with Crippen LogP contribution >= 0.6 is 0 Å². The zero-order valence-electron chi connectivity index (χ0n) is 9.59. The molecule has 0 bridgehead atoms. The van der Waals surface area contributed by atoms with E-state index in [1.54, 1.807) is 16.7 Å². The van der Waals surface area contributed by atoms with Crippen LogP contribution in [0.15, 0.2) is 22.8 Å². The maximum atomic E-state index is 5.79. The van der Waals surface area contributed by atoms with E-state index in [1.165, 1.54) is 32.1 Å². The summed E-state index contributed by atoms with van der Waals surface area (Å²) in [7, 11) is 0. The Hall–Kier alpha value is -0.560. The van der Waals surface area contributed by atoms with E-state index in [0.717, 1.165) is 18.9 Å². The molecule has 2 fully saturated rings. The topological polar surface area (TPSA) is 9.23 Å². The van der Waals surface area contributed by atoms with Gasteiger partial charge in [0, 0.05) is 0 Å². The first-order chi connectivity index (χ1) is 7.40. The highest BCUT2D eigenvalue weighted by molar-refractivity contribution is 5.46. The minimum atomic E-state index is 0.459. The molecule has 82 valence electrons. The molecule has 0 aromatic heterocycles. The van der Waals surface area contributed by atoms with Gasteiger partial charge in [0.05, 0.1) is 12.7 Å². The van der Waals surface area contributed by atoms with Gasteiger partial charge in [-0.2, -0.15) is 0 Å². The van der Waals surface area contributed by atoms with Gasteiger partial charge < -0.3 is 4.74 Å². The highest BCUT2D eigenvalue weighted by Gasteiger charge is 2.35. The Labute approximate surface area is 92.2 Å². The van der Waals surface area contributed by atoms with Gasteiger partial charge in [-0.15, -0.1) is 0 Å². The fraction of sp³-hybridized carbons (Fsp3) is 0.714. The number of ether oxygens (including phenoxy) is 1. The molecule has 1 aliphatic heterocycles. The van der Waals surface area contributed by atoms with Crippen LogP contribution in [0.4, 0.5) is 0 Å². The predicted octanol–water partition coefficient (Wildman–Crippen LogP) is 3.61. The first-order valence-electron chi connectivity index (χ1n) is 6.44. The summed E-state index contributed by atoms with van der Waals surface area (Å²) in [6.45, 7) is 3.27. The molecule has 0 amide bonds. The molecule has 0 spiro atoms. The van der Waals surface area contributed by atoms with Gasteiger partial charge in [0.25, 0.3) is 0 Å². The predicted molar refractivity (Wildman–Crippen MR) is 61.7 cm³/mol. The largest absolute Gasteiger partial charge is 0.373 e. The summed E-state index contributed by atoms with van der Waals surface area (Å²) in [5.74, 6) is 0.862. The van der Waals surface area contributed by atoms with E-state index < -0.39 is 0 Å². The number of hydrogen-bond acceptors (Lipinski definition) is 1. The van der Waals surface area contributed by atoms with Crippen molar-refractivity contribution in [3.63, 3.8) is 0 Å². The Morgan fingerprint density at radius 3 is 3.20 bits per heavy atom.